The van der Waals surface area contributed by atoms with E-state index in [4.69, 9.17) is 0 Å². The largest absolute Gasteiger partial charge is 0.340 e. The highest BCUT2D eigenvalue weighted by atomic mass is 79.9. The van der Waals surface area contributed by atoms with Gasteiger partial charge in [-0.25, -0.2) is 8.42 Å². The summed E-state index contributed by atoms with van der Waals surface area (Å²) in [6.07, 6.45) is 1.93. The van der Waals surface area contributed by atoms with Gasteiger partial charge in [0, 0.05) is 23.6 Å². The van der Waals surface area contributed by atoms with Crippen LogP contribution in [0.2, 0.25) is 0 Å². The molecule has 0 spiro atoms. The number of hydrogen-bond donors (Lipinski definition) is 1. The molecule has 0 saturated carbocycles. The Labute approximate surface area is 140 Å². The number of likely N-dealkylation sites (tertiary alicyclic amines) is 1. The van der Waals surface area contributed by atoms with Gasteiger partial charge in [-0.1, -0.05) is 28.1 Å². The van der Waals surface area contributed by atoms with Crippen LogP contribution in [0.15, 0.2) is 28.7 Å². The lowest BCUT2D eigenvalue weighted by molar-refractivity contribution is -0.129. The summed E-state index contributed by atoms with van der Waals surface area (Å²) in [7, 11) is -1.58. The molecule has 0 radical (unpaired) electrons. The molecule has 1 amide bonds. The second kappa shape index (κ2) is 7.57. The van der Waals surface area contributed by atoms with E-state index in [0.717, 1.165) is 17.3 Å². The number of halogens is 1. The third-order valence-electron chi connectivity index (χ3n) is 3.83. The third kappa shape index (κ3) is 5.07. The molecule has 0 aromatic heterocycles. The van der Waals surface area contributed by atoms with Crippen molar-refractivity contribution in [2.45, 2.75) is 24.6 Å². The number of piperidine rings is 1. The molecule has 1 unspecified atom stereocenters. The van der Waals surface area contributed by atoms with Gasteiger partial charge >= 0.3 is 0 Å². The van der Waals surface area contributed by atoms with Gasteiger partial charge in [-0.15, -0.1) is 0 Å². The molecule has 1 saturated heterocycles. The first-order valence-electron chi connectivity index (χ1n) is 7.29. The number of carbonyl (C=O) groups excluding carboxylic acids is 1. The molecule has 1 aromatic carbocycles. The molecule has 22 heavy (non-hydrogen) atoms. The predicted octanol–water partition coefficient (Wildman–Crippen LogP) is 1.57. The molecule has 1 N–H and O–H groups in total. The molecule has 5 nitrogen and oxygen atoms in total. The number of sulfone groups is 1. The number of rotatable bonds is 5. The minimum Gasteiger partial charge on any atom is -0.340 e. The van der Waals surface area contributed by atoms with E-state index in [-0.39, 0.29) is 17.7 Å². The zero-order valence-corrected chi connectivity index (χ0v) is 15.0. The Kier molecular flexibility index (Phi) is 6.00. The Hall–Kier alpha value is -0.920. The van der Waals surface area contributed by atoms with Crippen molar-refractivity contribution in [3.63, 3.8) is 0 Å². The number of nitrogens with zero attached hydrogens (tertiary/aromatic N) is 1. The molecule has 7 heteroatoms. The lowest BCUT2D eigenvalue weighted by Crippen LogP contribution is -2.48. The van der Waals surface area contributed by atoms with Gasteiger partial charge in [0.15, 0.2) is 9.84 Å². The third-order valence-corrected chi connectivity index (χ3v) is 5.81. The molecule has 2 rings (SSSR count). The average molecular weight is 389 g/mol. The lowest BCUT2D eigenvalue weighted by atomic mass is 10.1. The van der Waals surface area contributed by atoms with Crippen LogP contribution >= 0.6 is 15.9 Å². The molecule has 1 aromatic rings. The molecule has 1 aliphatic heterocycles. The maximum Gasteiger partial charge on any atom is 0.237 e. The van der Waals surface area contributed by atoms with E-state index in [1.54, 1.807) is 29.2 Å². The normalized spacial score (nSPS) is 19.2. The van der Waals surface area contributed by atoms with Crippen LogP contribution in [-0.2, 0) is 20.4 Å². The van der Waals surface area contributed by atoms with Crippen LogP contribution < -0.4 is 5.32 Å². The van der Waals surface area contributed by atoms with Crippen molar-refractivity contribution in [1.29, 1.82) is 0 Å². The summed E-state index contributed by atoms with van der Waals surface area (Å²) in [6.45, 7) is 1.23. The summed E-state index contributed by atoms with van der Waals surface area (Å²) < 4.78 is 25.3. The quantitative estimate of drug-likeness (QED) is 0.831. The zero-order chi connectivity index (χ0) is 16.2. The fraction of sp³-hybridized carbons (Fsp3) is 0.533. The van der Waals surface area contributed by atoms with Crippen LogP contribution in [0.1, 0.15) is 18.4 Å². The highest BCUT2D eigenvalue weighted by Gasteiger charge is 2.26. The maximum absolute atomic E-state index is 12.2. The van der Waals surface area contributed by atoms with E-state index >= 15 is 0 Å². The van der Waals surface area contributed by atoms with E-state index < -0.39 is 15.6 Å². The van der Waals surface area contributed by atoms with Crippen molar-refractivity contribution in [1.82, 2.24) is 10.2 Å². The second-order valence-corrected chi connectivity index (χ2v) is 8.61. The highest BCUT2D eigenvalue weighted by Crippen LogP contribution is 2.15. The van der Waals surface area contributed by atoms with E-state index in [0.29, 0.717) is 18.7 Å². The fourth-order valence-corrected chi connectivity index (χ4v) is 4.23. The summed E-state index contributed by atoms with van der Waals surface area (Å²) in [4.78, 5) is 13.9. The summed E-state index contributed by atoms with van der Waals surface area (Å²) in [5.41, 5.74) is 0.697. The van der Waals surface area contributed by atoms with Gasteiger partial charge < -0.3 is 10.2 Å². The van der Waals surface area contributed by atoms with E-state index in [2.05, 4.69) is 21.2 Å². The molecule has 0 aliphatic carbocycles. The Morgan fingerprint density at radius 2 is 2.05 bits per heavy atom. The SMILES string of the molecule is CNC1CCCN(C(=O)CS(=O)(=O)Cc2ccc(Br)cc2)C1. The Balaban J connectivity index is 1.95. The monoisotopic (exact) mass is 388 g/mol. The van der Waals surface area contributed by atoms with Gasteiger partial charge in [0.2, 0.25) is 5.91 Å². The minimum atomic E-state index is -3.45. The van der Waals surface area contributed by atoms with Gasteiger partial charge in [0.25, 0.3) is 0 Å². The average Bonchev–Trinajstić information content (AvgIpc) is 2.49. The van der Waals surface area contributed by atoms with Crippen molar-refractivity contribution in [2.75, 3.05) is 25.9 Å². The second-order valence-electron chi connectivity index (χ2n) is 5.63. The molecule has 0 bridgehead atoms. The van der Waals surface area contributed by atoms with Crippen molar-refractivity contribution in [3.8, 4) is 0 Å². The van der Waals surface area contributed by atoms with Crippen LogP contribution in [0.5, 0.6) is 0 Å². The number of benzene rings is 1. The molecule has 122 valence electrons. The molecular weight excluding hydrogens is 368 g/mol. The highest BCUT2D eigenvalue weighted by molar-refractivity contribution is 9.10. The van der Waals surface area contributed by atoms with Crippen LogP contribution in [0.4, 0.5) is 0 Å². The number of likely N-dealkylation sites (N-methyl/N-ethyl adjacent to an activating group) is 1. The van der Waals surface area contributed by atoms with E-state index in [9.17, 15) is 13.2 Å². The molecule has 1 heterocycles. The Morgan fingerprint density at radius 3 is 2.68 bits per heavy atom. The number of hydrogen-bond acceptors (Lipinski definition) is 4. The standard InChI is InChI=1S/C15H21BrN2O3S/c1-17-14-3-2-8-18(9-14)15(19)11-22(20,21)10-12-4-6-13(16)7-5-12/h4-7,14,17H,2-3,8-11H2,1H3. The molecule has 1 aliphatic rings. The van der Waals surface area contributed by atoms with Crippen molar-refractivity contribution >= 4 is 31.7 Å². The summed E-state index contributed by atoms with van der Waals surface area (Å²) in [5, 5.41) is 3.15. The Morgan fingerprint density at radius 1 is 1.36 bits per heavy atom. The van der Waals surface area contributed by atoms with Crippen LogP contribution in [0.3, 0.4) is 0 Å². The van der Waals surface area contributed by atoms with Crippen LogP contribution in [0, 0.1) is 0 Å². The van der Waals surface area contributed by atoms with Crippen LogP contribution in [0.25, 0.3) is 0 Å². The van der Waals surface area contributed by atoms with Crippen molar-refractivity contribution in [2.24, 2.45) is 0 Å². The van der Waals surface area contributed by atoms with E-state index in [1.807, 2.05) is 7.05 Å². The molecule has 1 fully saturated rings. The van der Waals surface area contributed by atoms with Crippen molar-refractivity contribution in [3.05, 3.63) is 34.3 Å². The minimum absolute atomic E-state index is 0.102. The lowest BCUT2D eigenvalue weighted by Gasteiger charge is -2.32. The maximum atomic E-state index is 12.2. The van der Waals surface area contributed by atoms with Gasteiger partial charge in [0.1, 0.15) is 5.75 Å². The number of amides is 1. The first-order chi connectivity index (χ1) is 10.4. The molecular formula is C15H21BrN2O3S. The topological polar surface area (TPSA) is 66.5 Å². The first-order valence-corrected chi connectivity index (χ1v) is 9.91. The summed E-state index contributed by atoms with van der Waals surface area (Å²) in [6, 6.07) is 7.37. The summed E-state index contributed by atoms with van der Waals surface area (Å²) in [5.74, 6) is -0.813. The predicted molar refractivity (Wildman–Crippen MR) is 90.3 cm³/mol. The number of nitrogens with one attached hydrogen (secondary N) is 1. The van der Waals surface area contributed by atoms with E-state index in [1.165, 1.54) is 0 Å². The summed E-state index contributed by atoms with van der Waals surface area (Å²) >= 11 is 3.31. The van der Waals surface area contributed by atoms with Gasteiger partial charge in [0.05, 0.1) is 5.75 Å². The first kappa shape index (κ1) is 17.4. The molecule has 1 atom stereocenters. The van der Waals surface area contributed by atoms with Gasteiger partial charge in [-0.05, 0) is 37.6 Å². The zero-order valence-electron chi connectivity index (χ0n) is 12.6. The Bertz CT molecular complexity index is 616. The van der Waals surface area contributed by atoms with Gasteiger partial charge in [-0.3, -0.25) is 4.79 Å². The van der Waals surface area contributed by atoms with Crippen LogP contribution in [-0.4, -0.2) is 51.2 Å². The number of carbonyl (C=O) groups is 1. The fourth-order valence-electron chi connectivity index (χ4n) is 2.60. The van der Waals surface area contributed by atoms with Crippen molar-refractivity contribution < 1.29 is 13.2 Å². The smallest absolute Gasteiger partial charge is 0.237 e. The van der Waals surface area contributed by atoms with Gasteiger partial charge in [-0.2, -0.15) is 0 Å².